The lowest BCUT2D eigenvalue weighted by Crippen LogP contribution is -2.44. The second kappa shape index (κ2) is 7.95. The smallest absolute Gasteiger partial charge is 0.260 e. The summed E-state index contributed by atoms with van der Waals surface area (Å²) >= 11 is 0. The first-order valence-electron chi connectivity index (χ1n) is 8.54. The molecule has 0 radical (unpaired) electrons. The molecule has 1 saturated heterocycles. The maximum atomic E-state index is 12.6. The Hall–Kier alpha value is -2.62. The molecule has 146 valence electrons. The largest absolute Gasteiger partial charge is 0.497 e. The van der Waals surface area contributed by atoms with E-state index in [1.54, 1.807) is 43.3 Å². The van der Waals surface area contributed by atoms with E-state index in [9.17, 15) is 13.2 Å². The number of benzene rings is 1. The normalized spacial score (nSPS) is 15.6. The van der Waals surface area contributed by atoms with Crippen LogP contribution < -0.4 is 9.47 Å². The van der Waals surface area contributed by atoms with Gasteiger partial charge in [0.05, 0.1) is 12.4 Å². The molecule has 0 atom stereocenters. The number of nitrogens with zero attached hydrogens (tertiary/aromatic N) is 4. The molecule has 0 saturated carbocycles. The van der Waals surface area contributed by atoms with Crippen molar-refractivity contribution < 1.29 is 22.7 Å². The highest BCUT2D eigenvalue weighted by Gasteiger charge is 2.35. The summed E-state index contributed by atoms with van der Waals surface area (Å²) in [6, 6.07) is 6.96. The molecule has 3 rings (SSSR count). The number of sulfone groups is 1. The van der Waals surface area contributed by atoms with Crippen LogP contribution in [0.15, 0.2) is 35.7 Å². The molecule has 1 aliphatic rings. The van der Waals surface area contributed by atoms with Crippen LogP contribution in [0, 0.1) is 0 Å². The van der Waals surface area contributed by atoms with Crippen LogP contribution in [0.3, 0.4) is 0 Å². The van der Waals surface area contributed by atoms with Crippen LogP contribution in [-0.2, 0) is 21.7 Å². The zero-order valence-electron chi connectivity index (χ0n) is 15.2. The van der Waals surface area contributed by atoms with Crippen molar-refractivity contribution in [2.75, 3.05) is 26.8 Å². The Morgan fingerprint density at radius 3 is 2.37 bits per heavy atom. The lowest BCUT2D eigenvalue weighted by Gasteiger charge is -2.31. The summed E-state index contributed by atoms with van der Waals surface area (Å²) in [4.78, 5) is 14.0. The number of amides is 1. The zero-order valence-corrected chi connectivity index (χ0v) is 16.1. The first kappa shape index (κ1) is 19.2. The van der Waals surface area contributed by atoms with Gasteiger partial charge in [0, 0.05) is 20.1 Å². The molecule has 0 bridgehead atoms. The summed E-state index contributed by atoms with van der Waals surface area (Å²) in [6.07, 6.45) is 2.09. The Morgan fingerprint density at radius 1 is 1.19 bits per heavy atom. The summed E-state index contributed by atoms with van der Waals surface area (Å²) in [5.41, 5.74) is 0. The van der Waals surface area contributed by atoms with Crippen molar-refractivity contribution in [3.63, 3.8) is 0 Å². The number of ether oxygens (including phenoxy) is 2. The molecule has 2 heterocycles. The van der Waals surface area contributed by atoms with Crippen molar-refractivity contribution in [1.82, 2.24) is 19.7 Å². The van der Waals surface area contributed by atoms with Gasteiger partial charge in [0.1, 0.15) is 17.8 Å². The maximum absolute atomic E-state index is 12.6. The Bertz CT molecular complexity index is 886. The predicted octanol–water partition coefficient (Wildman–Crippen LogP) is 0.667. The number of hydrogen-bond acceptors (Lipinski definition) is 7. The predicted molar refractivity (Wildman–Crippen MR) is 96.3 cm³/mol. The number of piperidine rings is 1. The molecule has 0 spiro atoms. The number of rotatable bonds is 6. The molecule has 0 N–H and O–H groups in total. The zero-order chi connectivity index (χ0) is 19.4. The molecule has 9 nitrogen and oxygen atoms in total. The third-order valence-corrected chi connectivity index (χ3v) is 6.81. The first-order chi connectivity index (χ1) is 12.9. The molecule has 10 heteroatoms. The first-order valence-corrected chi connectivity index (χ1v) is 10.1. The fraction of sp³-hybridized carbons (Fsp3) is 0.471. The Labute approximate surface area is 157 Å². The maximum Gasteiger partial charge on any atom is 0.260 e. The average Bonchev–Trinajstić information content (AvgIpc) is 3.13. The van der Waals surface area contributed by atoms with Crippen LogP contribution in [0.2, 0.25) is 0 Å². The number of carbonyl (C=O) groups excluding carboxylic acids is 1. The molecule has 2 aromatic rings. The van der Waals surface area contributed by atoms with E-state index >= 15 is 0 Å². The third-order valence-electron chi connectivity index (χ3n) is 4.58. The molecule has 27 heavy (non-hydrogen) atoms. The van der Waals surface area contributed by atoms with Gasteiger partial charge >= 0.3 is 0 Å². The molecule has 0 aliphatic carbocycles. The summed E-state index contributed by atoms with van der Waals surface area (Å²) in [5, 5.41) is 6.75. The van der Waals surface area contributed by atoms with Crippen molar-refractivity contribution in [2.24, 2.45) is 7.05 Å². The van der Waals surface area contributed by atoms with E-state index in [2.05, 4.69) is 10.2 Å². The van der Waals surface area contributed by atoms with Gasteiger partial charge in [-0.25, -0.2) is 8.42 Å². The van der Waals surface area contributed by atoms with Gasteiger partial charge < -0.3 is 18.9 Å². The number of methoxy groups -OCH3 is 1. The fourth-order valence-electron chi connectivity index (χ4n) is 3.00. The molecular formula is C17H22N4O5S. The van der Waals surface area contributed by atoms with Crippen LogP contribution >= 0.6 is 0 Å². The summed E-state index contributed by atoms with van der Waals surface area (Å²) in [7, 11) is -0.376. The van der Waals surface area contributed by atoms with Gasteiger partial charge in [-0.15, -0.1) is 10.2 Å². The van der Waals surface area contributed by atoms with Crippen LogP contribution in [0.25, 0.3) is 0 Å². The van der Waals surface area contributed by atoms with Crippen molar-refractivity contribution in [2.45, 2.75) is 23.2 Å². The molecule has 1 aromatic carbocycles. The Balaban J connectivity index is 1.52. The third kappa shape index (κ3) is 4.21. The van der Waals surface area contributed by atoms with Crippen LogP contribution in [0.4, 0.5) is 0 Å². The van der Waals surface area contributed by atoms with Gasteiger partial charge in [0.2, 0.25) is 15.0 Å². The fourth-order valence-corrected chi connectivity index (χ4v) is 4.74. The number of aryl methyl sites for hydroxylation is 1. The van der Waals surface area contributed by atoms with E-state index in [4.69, 9.17) is 9.47 Å². The summed E-state index contributed by atoms with van der Waals surface area (Å²) < 4.78 is 37.3. The molecule has 1 aromatic heterocycles. The van der Waals surface area contributed by atoms with Gasteiger partial charge in [0.25, 0.3) is 5.91 Å². The molecule has 1 fully saturated rings. The van der Waals surface area contributed by atoms with Crippen molar-refractivity contribution in [1.29, 1.82) is 0 Å². The van der Waals surface area contributed by atoms with Gasteiger partial charge in [0.15, 0.2) is 6.61 Å². The minimum absolute atomic E-state index is 0.0323. The highest BCUT2D eigenvalue weighted by molar-refractivity contribution is 7.91. The quantitative estimate of drug-likeness (QED) is 0.709. The number of hydrogen-bond donors (Lipinski definition) is 0. The van der Waals surface area contributed by atoms with Gasteiger partial charge in [-0.2, -0.15) is 0 Å². The number of aromatic nitrogens is 3. The SMILES string of the molecule is COc1ccc(OCC(=O)N2CCC(S(=O)(=O)c3nncn3C)CC2)cc1. The van der Waals surface area contributed by atoms with Gasteiger partial charge in [-0.3, -0.25) is 4.79 Å². The molecular weight excluding hydrogens is 372 g/mol. The van der Waals surface area contributed by atoms with Gasteiger partial charge in [-0.05, 0) is 37.1 Å². The van der Waals surface area contributed by atoms with E-state index in [1.807, 2.05) is 0 Å². The highest BCUT2D eigenvalue weighted by Crippen LogP contribution is 2.23. The van der Waals surface area contributed by atoms with E-state index in [1.165, 1.54) is 10.9 Å². The Kier molecular flexibility index (Phi) is 5.64. The Morgan fingerprint density at radius 2 is 1.81 bits per heavy atom. The van der Waals surface area contributed by atoms with Crippen LogP contribution in [0.1, 0.15) is 12.8 Å². The number of carbonyl (C=O) groups is 1. The van der Waals surface area contributed by atoms with Crippen molar-refractivity contribution in [3.8, 4) is 11.5 Å². The van der Waals surface area contributed by atoms with Crippen molar-refractivity contribution in [3.05, 3.63) is 30.6 Å². The minimum Gasteiger partial charge on any atom is -0.497 e. The van der Waals surface area contributed by atoms with Crippen molar-refractivity contribution >= 4 is 15.7 Å². The van der Waals surface area contributed by atoms with E-state index < -0.39 is 15.1 Å². The second-order valence-electron chi connectivity index (χ2n) is 6.31. The monoisotopic (exact) mass is 394 g/mol. The number of likely N-dealkylation sites (tertiary alicyclic amines) is 1. The van der Waals surface area contributed by atoms with E-state index in [-0.39, 0.29) is 17.7 Å². The topological polar surface area (TPSA) is 104 Å². The van der Waals surface area contributed by atoms with Crippen LogP contribution in [0.5, 0.6) is 11.5 Å². The average molecular weight is 394 g/mol. The molecule has 1 amide bonds. The summed E-state index contributed by atoms with van der Waals surface area (Å²) in [5.74, 6) is 1.11. The second-order valence-corrected chi connectivity index (χ2v) is 8.44. The van der Waals surface area contributed by atoms with E-state index in [0.29, 0.717) is 37.4 Å². The highest BCUT2D eigenvalue weighted by atomic mass is 32.2. The molecule has 0 unspecified atom stereocenters. The molecule has 1 aliphatic heterocycles. The van der Waals surface area contributed by atoms with E-state index in [0.717, 1.165) is 0 Å². The van der Waals surface area contributed by atoms with Crippen LogP contribution in [-0.4, -0.2) is 66.0 Å². The standard InChI is InChI=1S/C17H22N4O5S/c1-20-12-18-19-17(20)27(23,24)15-7-9-21(10-8-15)16(22)11-26-14-5-3-13(25-2)4-6-14/h3-6,12,15H,7-11H2,1-2H3. The summed E-state index contributed by atoms with van der Waals surface area (Å²) in [6.45, 7) is 0.645. The van der Waals surface area contributed by atoms with Gasteiger partial charge in [-0.1, -0.05) is 0 Å². The lowest BCUT2D eigenvalue weighted by molar-refractivity contribution is -0.134. The minimum atomic E-state index is -3.55. The lowest BCUT2D eigenvalue weighted by atomic mass is 10.1.